The lowest BCUT2D eigenvalue weighted by molar-refractivity contribution is -0.137. The van der Waals surface area contributed by atoms with Crippen molar-refractivity contribution in [2.45, 2.75) is 25.2 Å². The molecule has 0 aliphatic carbocycles. The molecule has 39 heavy (non-hydrogen) atoms. The van der Waals surface area contributed by atoms with E-state index in [2.05, 4.69) is 20.6 Å². The third kappa shape index (κ3) is 6.04. The van der Waals surface area contributed by atoms with E-state index in [-0.39, 0.29) is 28.9 Å². The predicted molar refractivity (Wildman–Crippen MR) is 144 cm³/mol. The third-order valence-electron chi connectivity index (χ3n) is 5.77. The van der Waals surface area contributed by atoms with Gasteiger partial charge in [-0.2, -0.15) is 13.2 Å². The van der Waals surface area contributed by atoms with Gasteiger partial charge < -0.3 is 10.6 Å². The maximum atomic E-state index is 13.3. The number of benzene rings is 2. The summed E-state index contributed by atoms with van der Waals surface area (Å²) in [7, 11) is 0. The Hall–Kier alpha value is -3.97. The predicted octanol–water partition coefficient (Wildman–Crippen LogP) is 4.80. The van der Waals surface area contributed by atoms with E-state index in [4.69, 9.17) is 0 Å². The number of amidine groups is 2. The number of nitrogens with one attached hydrogen (secondary N) is 2. The van der Waals surface area contributed by atoms with E-state index in [1.54, 1.807) is 24.3 Å². The fourth-order valence-corrected chi connectivity index (χ4v) is 5.42. The van der Waals surface area contributed by atoms with Crippen LogP contribution >= 0.6 is 23.1 Å². The first kappa shape index (κ1) is 26.6. The standard InChI is InChI=1S/C26H20F3N5O3S2/c27-26(28,29)15-5-3-6-16(11-15)31-22(36)14-39-25-33-19-9-2-1-8-18(19)23-32-20(24(37)34(23)25)12-21(35)30-13-17-7-4-10-38-17/h1-11,20H,12-14H2,(H,30,35)(H,31,36). The molecule has 1 atom stereocenters. The van der Waals surface area contributed by atoms with E-state index in [1.165, 1.54) is 28.4 Å². The van der Waals surface area contributed by atoms with Crippen LogP contribution in [0.25, 0.3) is 0 Å². The van der Waals surface area contributed by atoms with E-state index in [9.17, 15) is 27.6 Å². The lowest BCUT2D eigenvalue weighted by Crippen LogP contribution is -2.42. The molecule has 0 fully saturated rings. The molecule has 0 saturated heterocycles. The van der Waals surface area contributed by atoms with Crippen LogP contribution < -0.4 is 10.6 Å². The normalized spacial score (nSPS) is 16.2. The lowest BCUT2D eigenvalue weighted by Gasteiger charge is -2.25. The smallest absolute Gasteiger partial charge is 0.351 e. The number of hydrogen-bond acceptors (Lipinski definition) is 7. The Morgan fingerprint density at radius 1 is 1.05 bits per heavy atom. The molecular formula is C26H20F3N5O3S2. The number of para-hydroxylation sites is 1. The second kappa shape index (κ2) is 11.0. The summed E-state index contributed by atoms with van der Waals surface area (Å²) < 4.78 is 39.0. The van der Waals surface area contributed by atoms with Crippen LogP contribution in [0.3, 0.4) is 0 Å². The molecule has 1 aromatic heterocycles. The summed E-state index contributed by atoms with van der Waals surface area (Å²) in [5, 5.41) is 7.33. The summed E-state index contributed by atoms with van der Waals surface area (Å²) in [6, 6.07) is 14.2. The van der Waals surface area contributed by atoms with Crippen molar-refractivity contribution >= 4 is 63.2 Å². The zero-order valence-corrected chi connectivity index (χ0v) is 21.7. The second-order valence-electron chi connectivity index (χ2n) is 8.53. The number of nitrogens with zero attached hydrogens (tertiary/aromatic N) is 3. The Morgan fingerprint density at radius 3 is 2.64 bits per heavy atom. The molecule has 0 spiro atoms. The molecule has 13 heteroatoms. The highest BCUT2D eigenvalue weighted by Crippen LogP contribution is 2.34. The van der Waals surface area contributed by atoms with Crippen LogP contribution in [0.1, 0.15) is 22.4 Å². The van der Waals surface area contributed by atoms with Gasteiger partial charge in [-0.3, -0.25) is 19.4 Å². The molecule has 5 rings (SSSR count). The van der Waals surface area contributed by atoms with Crippen molar-refractivity contribution in [2.75, 3.05) is 11.1 Å². The number of thioether (sulfide) groups is 1. The summed E-state index contributed by atoms with van der Waals surface area (Å²) >= 11 is 2.46. The number of aliphatic imine (C=N–C) groups is 2. The number of fused-ring (bicyclic) bond motifs is 3. The van der Waals surface area contributed by atoms with E-state index in [1.807, 2.05) is 17.5 Å². The van der Waals surface area contributed by atoms with Crippen molar-refractivity contribution in [1.82, 2.24) is 10.2 Å². The molecule has 8 nitrogen and oxygen atoms in total. The van der Waals surface area contributed by atoms with Gasteiger partial charge in [0.15, 0.2) is 5.17 Å². The number of rotatable bonds is 7. The fraction of sp³-hybridized carbons (Fsp3) is 0.192. The first-order valence-corrected chi connectivity index (χ1v) is 13.5. The van der Waals surface area contributed by atoms with Gasteiger partial charge in [-0.15, -0.1) is 11.3 Å². The quantitative estimate of drug-likeness (QED) is 0.425. The molecule has 1 unspecified atom stereocenters. The summed E-state index contributed by atoms with van der Waals surface area (Å²) in [4.78, 5) is 49.8. The van der Waals surface area contributed by atoms with E-state index < -0.39 is 29.6 Å². The molecule has 200 valence electrons. The van der Waals surface area contributed by atoms with E-state index in [0.29, 0.717) is 23.6 Å². The molecule has 0 saturated carbocycles. The van der Waals surface area contributed by atoms with Crippen molar-refractivity contribution in [1.29, 1.82) is 0 Å². The number of hydrogen-bond donors (Lipinski definition) is 2. The van der Waals surface area contributed by atoms with Crippen LogP contribution in [0, 0.1) is 0 Å². The van der Waals surface area contributed by atoms with Gasteiger partial charge in [0.1, 0.15) is 11.9 Å². The highest BCUT2D eigenvalue weighted by molar-refractivity contribution is 8.14. The maximum absolute atomic E-state index is 13.3. The van der Waals surface area contributed by atoms with Gasteiger partial charge in [-0.1, -0.05) is 36.0 Å². The van der Waals surface area contributed by atoms with E-state index in [0.717, 1.165) is 28.8 Å². The minimum Gasteiger partial charge on any atom is -0.351 e. The van der Waals surface area contributed by atoms with Crippen molar-refractivity contribution in [3.05, 3.63) is 82.0 Å². The zero-order valence-electron chi connectivity index (χ0n) is 20.1. The summed E-state index contributed by atoms with van der Waals surface area (Å²) in [5.41, 5.74) is 0.281. The largest absolute Gasteiger partial charge is 0.416 e. The fourth-order valence-electron chi connectivity index (χ4n) is 3.98. The molecule has 2 N–H and O–H groups in total. The third-order valence-corrected chi connectivity index (χ3v) is 7.59. The number of thiophene rings is 1. The van der Waals surface area contributed by atoms with Gasteiger partial charge in [0.25, 0.3) is 5.91 Å². The first-order chi connectivity index (χ1) is 18.7. The van der Waals surface area contributed by atoms with Gasteiger partial charge >= 0.3 is 6.18 Å². The monoisotopic (exact) mass is 571 g/mol. The Bertz CT molecular complexity index is 1490. The van der Waals surface area contributed by atoms with Crippen LogP contribution in [0.4, 0.5) is 24.5 Å². The van der Waals surface area contributed by atoms with Gasteiger partial charge in [-0.25, -0.2) is 9.89 Å². The molecular weight excluding hydrogens is 551 g/mol. The second-order valence-corrected chi connectivity index (χ2v) is 10.5. The van der Waals surface area contributed by atoms with Gasteiger partial charge in [0, 0.05) is 16.1 Å². The number of amides is 3. The first-order valence-electron chi connectivity index (χ1n) is 11.7. The average molecular weight is 572 g/mol. The summed E-state index contributed by atoms with van der Waals surface area (Å²) in [5.74, 6) is -1.24. The topological polar surface area (TPSA) is 103 Å². The molecule has 3 aromatic rings. The summed E-state index contributed by atoms with van der Waals surface area (Å²) in [6.45, 7) is 0.351. The molecule has 2 aromatic carbocycles. The number of halogens is 3. The SMILES string of the molecule is O=C(CC1N=C2c3ccccc3N=C(SCC(=O)Nc3cccc(C(F)(F)F)c3)N2C1=O)NCc1cccs1. The van der Waals surface area contributed by atoms with Crippen molar-refractivity contribution in [3.63, 3.8) is 0 Å². The Balaban J connectivity index is 1.28. The summed E-state index contributed by atoms with van der Waals surface area (Å²) in [6.07, 6.45) is -4.69. The van der Waals surface area contributed by atoms with Crippen LogP contribution in [-0.4, -0.2) is 45.4 Å². The highest BCUT2D eigenvalue weighted by atomic mass is 32.2. The van der Waals surface area contributed by atoms with Crippen molar-refractivity contribution < 1.29 is 27.6 Å². The Labute approximate surface area is 229 Å². The van der Waals surface area contributed by atoms with Crippen LogP contribution in [0.2, 0.25) is 0 Å². The Morgan fingerprint density at radius 2 is 1.87 bits per heavy atom. The van der Waals surface area contributed by atoms with Gasteiger partial charge in [0.2, 0.25) is 11.8 Å². The zero-order chi connectivity index (χ0) is 27.6. The number of carbonyl (C=O) groups is 3. The number of alkyl halides is 3. The number of anilines is 1. The average Bonchev–Trinajstić information content (AvgIpc) is 3.54. The van der Waals surface area contributed by atoms with Crippen LogP contribution in [0.5, 0.6) is 0 Å². The lowest BCUT2D eigenvalue weighted by atomic mass is 10.1. The molecule has 3 heterocycles. The molecule has 2 aliphatic heterocycles. The van der Waals surface area contributed by atoms with Gasteiger partial charge in [0.05, 0.1) is 30.0 Å². The number of carbonyl (C=O) groups excluding carboxylic acids is 3. The molecule has 2 aliphatic rings. The van der Waals surface area contributed by atoms with Crippen molar-refractivity contribution in [3.8, 4) is 0 Å². The van der Waals surface area contributed by atoms with Gasteiger partial charge in [-0.05, 0) is 41.8 Å². The minimum absolute atomic E-state index is 0.000483. The molecule has 0 bridgehead atoms. The van der Waals surface area contributed by atoms with Crippen LogP contribution in [0.15, 0.2) is 76.0 Å². The maximum Gasteiger partial charge on any atom is 0.416 e. The Kier molecular flexibility index (Phi) is 7.53. The van der Waals surface area contributed by atoms with E-state index >= 15 is 0 Å². The molecule has 0 radical (unpaired) electrons. The highest BCUT2D eigenvalue weighted by Gasteiger charge is 2.42. The van der Waals surface area contributed by atoms with Crippen LogP contribution in [-0.2, 0) is 27.1 Å². The minimum atomic E-state index is -4.54. The molecule has 3 amide bonds. The van der Waals surface area contributed by atoms with Crippen molar-refractivity contribution in [2.24, 2.45) is 9.98 Å².